The summed E-state index contributed by atoms with van der Waals surface area (Å²) in [5, 5.41) is 0. The highest BCUT2D eigenvalue weighted by atomic mass is 16.7. The van der Waals surface area contributed by atoms with Crippen LogP contribution in [0.3, 0.4) is 0 Å². The van der Waals surface area contributed by atoms with Crippen molar-refractivity contribution in [3.05, 3.63) is 41.8 Å². The molecule has 15 heavy (non-hydrogen) atoms. The third-order valence-corrected chi connectivity index (χ3v) is 2.73. The summed E-state index contributed by atoms with van der Waals surface area (Å²) >= 11 is 0. The topological polar surface area (TPSA) is 18.5 Å². The summed E-state index contributed by atoms with van der Waals surface area (Å²) in [4.78, 5) is 0. The Balaban J connectivity index is 2.23. The lowest BCUT2D eigenvalue weighted by Crippen LogP contribution is -2.22. The van der Waals surface area contributed by atoms with Gasteiger partial charge < -0.3 is 9.47 Å². The summed E-state index contributed by atoms with van der Waals surface area (Å²) in [7, 11) is 0. The van der Waals surface area contributed by atoms with Crippen molar-refractivity contribution in [2.45, 2.75) is 26.1 Å². The third kappa shape index (κ3) is 2.21. The van der Waals surface area contributed by atoms with E-state index in [9.17, 15) is 0 Å². The molecular formula is C13H17O2. The molecule has 2 rings (SSSR count). The van der Waals surface area contributed by atoms with Gasteiger partial charge in [-0.1, -0.05) is 31.2 Å². The Labute approximate surface area is 91.2 Å². The van der Waals surface area contributed by atoms with Crippen molar-refractivity contribution in [3.8, 4) is 0 Å². The maximum atomic E-state index is 5.63. The number of hydrogen-bond acceptors (Lipinski definition) is 2. The van der Waals surface area contributed by atoms with Crippen LogP contribution in [0.5, 0.6) is 0 Å². The SMILES string of the molecule is C[CH]Cc1cccc(C2(C)OCCO2)c1. The molecule has 0 bridgehead atoms. The molecule has 0 saturated carbocycles. The van der Waals surface area contributed by atoms with Gasteiger partial charge in [0.05, 0.1) is 13.2 Å². The second-order valence-electron chi connectivity index (χ2n) is 3.96. The minimum atomic E-state index is -0.538. The molecule has 81 valence electrons. The molecule has 1 aliphatic heterocycles. The Bertz CT molecular complexity index is 327. The van der Waals surface area contributed by atoms with Crippen LogP contribution in [0.4, 0.5) is 0 Å². The first-order valence-electron chi connectivity index (χ1n) is 5.40. The summed E-state index contributed by atoms with van der Waals surface area (Å²) in [6.07, 6.45) is 3.14. The Hall–Kier alpha value is -0.860. The number of benzene rings is 1. The smallest absolute Gasteiger partial charge is 0.192 e. The Morgan fingerprint density at radius 1 is 1.33 bits per heavy atom. The molecule has 1 fully saturated rings. The highest BCUT2D eigenvalue weighted by molar-refractivity contribution is 5.27. The summed E-state index contributed by atoms with van der Waals surface area (Å²) in [5.74, 6) is -0.538. The fourth-order valence-electron chi connectivity index (χ4n) is 1.90. The second-order valence-corrected chi connectivity index (χ2v) is 3.96. The molecule has 1 saturated heterocycles. The minimum absolute atomic E-state index is 0.538. The molecular weight excluding hydrogens is 188 g/mol. The fraction of sp³-hybridized carbons (Fsp3) is 0.462. The predicted molar refractivity (Wildman–Crippen MR) is 59.4 cm³/mol. The van der Waals surface area contributed by atoms with E-state index in [0.29, 0.717) is 13.2 Å². The van der Waals surface area contributed by atoms with E-state index in [4.69, 9.17) is 9.47 Å². The zero-order valence-electron chi connectivity index (χ0n) is 9.32. The largest absolute Gasteiger partial charge is 0.344 e. The lowest BCUT2D eigenvalue weighted by atomic mass is 10.0. The highest BCUT2D eigenvalue weighted by Crippen LogP contribution is 2.31. The van der Waals surface area contributed by atoms with Gasteiger partial charge in [0.15, 0.2) is 5.79 Å². The maximum Gasteiger partial charge on any atom is 0.192 e. The molecule has 1 radical (unpaired) electrons. The molecule has 0 aromatic heterocycles. The van der Waals surface area contributed by atoms with Crippen LogP contribution in [0.2, 0.25) is 0 Å². The van der Waals surface area contributed by atoms with Gasteiger partial charge in [-0.2, -0.15) is 0 Å². The maximum absolute atomic E-state index is 5.63. The molecule has 2 nitrogen and oxygen atoms in total. The third-order valence-electron chi connectivity index (χ3n) is 2.73. The summed E-state index contributed by atoms with van der Waals surface area (Å²) in [6.45, 7) is 5.41. The number of rotatable bonds is 3. The van der Waals surface area contributed by atoms with E-state index in [2.05, 4.69) is 37.6 Å². The van der Waals surface area contributed by atoms with Gasteiger partial charge >= 0.3 is 0 Å². The first-order chi connectivity index (χ1) is 7.24. The van der Waals surface area contributed by atoms with Gasteiger partial charge in [0.25, 0.3) is 0 Å². The lowest BCUT2D eigenvalue weighted by molar-refractivity contribution is -0.149. The molecule has 1 heterocycles. The number of ether oxygens (including phenoxy) is 2. The summed E-state index contributed by atoms with van der Waals surface area (Å²) < 4.78 is 11.3. The number of hydrogen-bond donors (Lipinski definition) is 0. The minimum Gasteiger partial charge on any atom is -0.344 e. The van der Waals surface area contributed by atoms with Gasteiger partial charge in [-0.15, -0.1) is 0 Å². The average Bonchev–Trinajstić information content (AvgIpc) is 2.68. The quantitative estimate of drug-likeness (QED) is 0.755. The fourth-order valence-corrected chi connectivity index (χ4v) is 1.90. The lowest BCUT2D eigenvalue weighted by Gasteiger charge is -2.23. The van der Waals surface area contributed by atoms with Gasteiger partial charge in [0.1, 0.15) is 0 Å². The van der Waals surface area contributed by atoms with Gasteiger partial charge in [-0.05, 0) is 25.3 Å². The van der Waals surface area contributed by atoms with Crippen LogP contribution in [0.25, 0.3) is 0 Å². The van der Waals surface area contributed by atoms with E-state index in [1.807, 2.05) is 6.92 Å². The average molecular weight is 205 g/mol. The van der Waals surface area contributed by atoms with Gasteiger partial charge in [-0.25, -0.2) is 0 Å². The second kappa shape index (κ2) is 4.33. The van der Waals surface area contributed by atoms with Crippen molar-refractivity contribution in [1.29, 1.82) is 0 Å². The van der Waals surface area contributed by atoms with Crippen molar-refractivity contribution in [3.63, 3.8) is 0 Å². The summed E-state index contributed by atoms with van der Waals surface area (Å²) in [5.41, 5.74) is 2.41. The zero-order chi connectivity index (χ0) is 10.7. The molecule has 0 amide bonds. The van der Waals surface area contributed by atoms with Crippen LogP contribution >= 0.6 is 0 Å². The Kier molecular flexibility index (Phi) is 3.08. The Morgan fingerprint density at radius 2 is 2.07 bits per heavy atom. The van der Waals surface area contributed by atoms with Crippen LogP contribution in [0, 0.1) is 6.42 Å². The van der Waals surface area contributed by atoms with E-state index in [-0.39, 0.29) is 0 Å². The molecule has 0 unspecified atom stereocenters. The Morgan fingerprint density at radius 3 is 2.73 bits per heavy atom. The van der Waals surface area contributed by atoms with Crippen molar-refractivity contribution in [2.24, 2.45) is 0 Å². The normalized spacial score (nSPS) is 19.3. The first kappa shape index (κ1) is 10.7. The summed E-state index contributed by atoms with van der Waals surface area (Å²) in [6, 6.07) is 8.40. The molecule has 0 atom stereocenters. The van der Waals surface area contributed by atoms with Crippen LogP contribution in [-0.2, 0) is 21.7 Å². The molecule has 0 aliphatic carbocycles. The van der Waals surface area contributed by atoms with Crippen molar-refractivity contribution >= 4 is 0 Å². The van der Waals surface area contributed by atoms with Crippen LogP contribution in [0.1, 0.15) is 25.0 Å². The van der Waals surface area contributed by atoms with E-state index in [0.717, 1.165) is 12.0 Å². The monoisotopic (exact) mass is 205 g/mol. The van der Waals surface area contributed by atoms with Gasteiger partial charge in [0, 0.05) is 5.56 Å². The van der Waals surface area contributed by atoms with Gasteiger partial charge in [0.2, 0.25) is 0 Å². The van der Waals surface area contributed by atoms with E-state index in [1.54, 1.807) is 0 Å². The molecule has 1 aromatic carbocycles. The van der Waals surface area contributed by atoms with E-state index >= 15 is 0 Å². The van der Waals surface area contributed by atoms with E-state index < -0.39 is 5.79 Å². The molecule has 0 N–H and O–H groups in total. The predicted octanol–water partition coefficient (Wildman–Crippen LogP) is 2.67. The van der Waals surface area contributed by atoms with Crippen LogP contribution < -0.4 is 0 Å². The molecule has 2 heteroatoms. The molecule has 1 aliphatic rings. The van der Waals surface area contributed by atoms with Gasteiger partial charge in [-0.3, -0.25) is 0 Å². The highest BCUT2D eigenvalue weighted by Gasteiger charge is 2.32. The van der Waals surface area contributed by atoms with Crippen LogP contribution in [0.15, 0.2) is 24.3 Å². The van der Waals surface area contributed by atoms with Crippen molar-refractivity contribution < 1.29 is 9.47 Å². The van der Waals surface area contributed by atoms with E-state index in [1.165, 1.54) is 5.56 Å². The standard InChI is InChI=1S/C13H17O2/c1-3-5-11-6-4-7-12(10-11)13(2)14-8-9-15-13/h3-4,6-7,10H,5,8-9H2,1-2H3. The zero-order valence-corrected chi connectivity index (χ0v) is 9.32. The van der Waals surface area contributed by atoms with Crippen molar-refractivity contribution in [2.75, 3.05) is 13.2 Å². The van der Waals surface area contributed by atoms with Crippen molar-refractivity contribution in [1.82, 2.24) is 0 Å². The van der Waals surface area contributed by atoms with Crippen LogP contribution in [-0.4, -0.2) is 13.2 Å². The molecule has 0 spiro atoms. The molecule has 1 aromatic rings. The first-order valence-corrected chi connectivity index (χ1v) is 5.40.